The fourth-order valence-electron chi connectivity index (χ4n) is 4.94. The summed E-state index contributed by atoms with van der Waals surface area (Å²) in [4.78, 5) is 16.5. The normalized spacial score (nSPS) is 15.5. The van der Waals surface area contributed by atoms with Gasteiger partial charge in [-0.05, 0) is 53.5 Å². The van der Waals surface area contributed by atoms with Gasteiger partial charge in [-0.2, -0.15) is 0 Å². The Bertz CT molecular complexity index is 1540. The van der Waals surface area contributed by atoms with E-state index in [9.17, 15) is 9.90 Å². The summed E-state index contributed by atoms with van der Waals surface area (Å²) in [6.07, 6.45) is 1.75. The molecule has 0 saturated carbocycles. The molecule has 0 radical (unpaired) electrons. The molecule has 1 heterocycles. The third-order valence-electron chi connectivity index (χ3n) is 6.99. The number of hydrogen-bond acceptors (Lipinski definition) is 2. The molecule has 1 aliphatic rings. The molecule has 0 saturated heterocycles. The number of hydrogen-bond donors (Lipinski definition) is 2. The molecule has 33 heavy (non-hydrogen) atoms. The van der Waals surface area contributed by atoms with E-state index in [0.29, 0.717) is 11.1 Å². The molecule has 5 rings (SSSR count). The minimum Gasteiger partial charge on any atom is -0.506 e. The van der Waals surface area contributed by atoms with Gasteiger partial charge in [0.05, 0.1) is 11.1 Å². The number of rotatable bonds is 4. The highest BCUT2D eigenvalue weighted by Gasteiger charge is 2.38. The lowest BCUT2D eigenvalue weighted by Crippen LogP contribution is -2.25. The second-order valence-corrected chi connectivity index (χ2v) is 9.45. The van der Waals surface area contributed by atoms with E-state index >= 15 is 0 Å². The summed E-state index contributed by atoms with van der Waals surface area (Å²) >= 11 is 0. The zero-order chi connectivity index (χ0) is 23.5. The Kier molecular flexibility index (Phi) is 4.68. The van der Waals surface area contributed by atoms with Crippen molar-refractivity contribution in [1.29, 1.82) is 0 Å². The molecule has 0 fully saturated rings. The number of Topliss-reactive ketones (excluding diaryl/α,β-unsaturated/α-hetero) is 1. The molecule has 164 valence electrons. The number of para-hydroxylation sites is 1. The molecule has 3 aromatic carbocycles. The molecule has 0 atom stereocenters. The molecular formula is C30H27NO2. The average Bonchev–Trinajstić information content (AvgIpc) is 3.12. The fraction of sp³-hybridized carbons (Fsp3) is 0.167. The summed E-state index contributed by atoms with van der Waals surface area (Å²) in [5.41, 5.74) is 6.01. The van der Waals surface area contributed by atoms with Crippen LogP contribution in [0.4, 0.5) is 0 Å². The summed E-state index contributed by atoms with van der Waals surface area (Å²) in [6.45, 7) is 12.6. The maximum Gasteiger partial charge on any atom is 0.201 e. The number of nitrogens with one attached hydrogen (secondary N) is 1. The molecule has 1 aromatic heterocycles. The molecule has 0 amide bonds. The van der Waals surface area contributed by atoms with Gasteiger partial charge in [-0.3, -0.25) is 4.79 Å². The standard InChI is InChI=1S/C30H27NO2/c1-17-14-20-10-6-7-11-21(20)16-24(17)30(4,5)18(2)15-23-28(32)27(29(23)33)26-19(3)31-25-13-9-8-12-22(25)26/h6-16,31-32H,2H2,1,3-5H3/b23-15+. The summed E-state index contributed by atoms with van der Waals surface area (Å²) in [6, 6.07) is 20.5. The molecule has 0 aliphatic heterocycles. The highest BCUT2D eigenvalue weighted by atomic mass is 16.3. The van der Waals surface area contributed by atoms with Gasteiger partial charge in [0.15, 0.2) is 0 Å². The van der Waals surface area contributed by atoms with Crippen molar-refractivity contribution in [3.8, 4) is 0 Å². The number of aromatic nitrogens is 1. The predicted octanol–water partition coefficient (Wildman–Crippen LogP) is 7.25. The lowest BCUT2D eigenvalue weighted by molar-refractivity contribution is -0.111. The summed E-state index contributed by atoms with van der Waals surface area (Å²) in [7, 11) is 0. The van der Waals surface area contributed by atoms with Gasteiger partial charge in [0.2, 0.25) is 5.78 Å². The van der Waals surface area contributed by atoms with Gasteiger partial charge in [-0.15, -0.1) is 0 Å². The number of carbonyl (C=O) groups excluding carboxylic acids is 1. The Labute approximate surface area is 193 Å². The van der Waals surface area contributed by atoms with Crippen LogP contribution in [0.15, 0.2) is 90.2 Å². The smallest absolute Gasteiger partial charge is 0.201 e. The van der Waals surface area contributed by atoms with E-state index in [1.165, 1.54) is 16.3 Å². The molecule has 0 spiro atoms. The monoisotopic (exact) mass is 433 g/mol. The zero-order valence-corrected chi connectivity index (χ0v) is 19.4. The molecule has 4 aromatic rings. The first-order chi connectivity index (χ1) is 15.7. The van der Waals surface area contributed by atoms with Crippen molar-refractivity contribution in [3.63, 3.8) is 0 Å². The van der Waals surface area contributed by atoms with Crippen LogP contribution in [0.1, 0.15) is 36.2 Å². The number of fused-ring (bicyclic) bond motifs is 2. The highest BCUT2D eigenvalue weighted by molar-refractivity contribution is 6.40. The molecule has 3 heteroatoms. The van der Waals surface area contributed by atoms with E-state index in [1.54, 1.807) is 6.08 Å². The van der Waals surface area contributed by atoms with Crippen LogP contribution in [0.25, 0.3) is 27.2 Å². The quantitative estimate of drug-likeness (QED) is 0.333. The van der Waals surface area contributed by atoms with E-state index < -0.39 is 5.41 Å². The number of aliphatic hydroxyl groups excluding tert-OH is 1. The maximum absolute atomic E-state index is 13.2. The number of ketones is 1. The van der Waals surface area contributed by atoms with Crippen molar-refractivity contribution in [1.82, 2.24) is 4.98 Å². The molecular weight excluding hydrogens is 406 g/mol. The maximum atomic E-state index is 13.2. The second-order valence-electron chi connectivity index (χ2n) is 9.45. The van der Waals surface area contributed by atoms with E-state index in [0.717, 1.165) is 33.3 Å². The van der Waals surface area contributed by atoms with Crippen molar-refractivity contribution in [2.24, 2.45) is 0 Å². The fourth-order valence-corrected chi connectivity index (χ4v) is 4.94. The minimum atomic E-state index is -0.409. The van der Waals surface area contributed by atoms with Crippen LogP contribution in [0.3, 0.4) is 0 Å². The Morgan fingerprint density at radius 2 is 1.64 bits per heavy atom. The van der Waals surface area contributed by atoms with Gasteiger partial charge < -0.3 is 10.1 Å². The average molecular weight is 434 g/mol. The van der Waals surface area contributed by atoms with Gasteiger partial charge in [0.25, 0.3) is 0 Å². The van der Waals surface area contributed by atoms with Crippen LogP contribution in [0.5, 0.6) is 0 Å². The van der Waals surface area contributed by atoms with Gasteiger partial charge in [-0.25, -0.2) is 0 Å². The summed E-state index contributed by atoms with van der Waals surface area (Å²) < 4.78 is 0. The van der Waals surface area contributed by atoms with Crippen molar-refractivity contribution in [2.75, 3.05) is 0 Å². The molecule has 3 nitrogen and oxygen atoms in total. The van der Waals surface area contributed by atoms with E-state index in [4.69, 9.17) is 0 Å². The number of benzene rings is 3. The highest BCUT2D eigenvalue weighted by Crippen LogP contribution is 2.43. The molecule has 0 bridgehead atoms. The molecule has 2 N–H and O–H groups in total. The van der Waals surface area contributed by atoms with E-state index in [2.05, 4.69) is 56.6 Å². The van der Waals surface area contributed by atoms with Crippen LogP contribution in [0, 0.1) is 13.8 Å². The first-order valence-corrected chi connectivity index (χ1v) is 11.2. The zero-order valence-electron chi connectivity index (χ0n) is 19.4. The number of allylic oxidation sites excluding steroid dienone is 4. The van der Waals surface area contributed by atoms with Crippen molar-refractivity contribution < 1.29 is 9.90 Å². The van der Waals surface area contributed by atoms with Gasteiger partial charge in [0.1, 0.15) is 5.76 Å². The Balaban J connectivity index is 1.54. The largest absolute Gasteiger partial charge is 0.506 e. The topological polar surface area (TPSA) is 53.1 Å². The number of H-pyrrole nitrogens is 1. The minimum absolute atomic E-state index is 0.0417. The summed E-state index contributed by atoms with van der Waals surface area (Å²) in [5.74, 6) is -0.104. The van der Waals surface area contributed by atoms with Crippen LogP contribution < -0.4 is 0 Å². The SMILES string of the molecule is C=C(/C=C1/C(=O)C(c2c(C)[nH]c3ccccc23)=C1O)C(C)(C)c1cc2ccccc2cc1C. The summed E-state index contributed by atoms with van der Waals surface area (Å²) in [5, 5.41) is 14.2. The number of aryl methyl sites for hydroxylation is 2. The number of aromatic amines is 1. The third kappa shape index (κ3) is 3.15. The first-order valence-electron chi connectivity index (χ1n) is 11.2. The van der Waals surface area contributed by atoms with Crippen LogP contribution >= 0.6 is 0 Å². The lowest BCUT2D eigenvalue weighted by atomic mass is 9.73. The van der Waals surface area contributed by atoms with Gasteiger partial charge >= 0.3 is 0 Å². The van der Waals surface area contributed by atoms with Gasteiger partial charge in [0, 0.05) is 27.6 Å². The first kappa shape index (κ1) is 21.0. The Hall–Kier alpha value is -3.85. The van der Waals surface area contributed by atoms with E-state index in [-0.39, 0.29) is 11.5 Å². The number of aliphatic hydroxyl groups is 1. The predicted molar refractivity (Wildman–Crippen MR) is 137 cm³/mol. The molecule has 0 unspecified atom stereocenters. The van der Waals surface area contributed by atoms with Crippen molar-refractivity contribution >= 4 is 33.0 Å². The second kappa shape index (κ2) is 7.35. The molecule has 1 aliphatic carbocycles. The number of carbonyl (C=O) groups is 1. The van der Waals surface area contributed by atoms with Crippen LogP contribution in [-0.4, -0.2) is 15.9 Å². The van der Waals surface area contributed by atoms with Crippen molar-refractivity contribution in [3.05, 3.63) is 113 Å². The van der Waals surface area contributed by atoms with Crippen molar-refractivity contribution in [2.45, 2.75) is 33.1 Å². The lowest BCUT2D eigenvalue weighted by Gasteiger charge is -2.30. The van der Waals surface area contributed by atoms with E-state index in [1.807, 2.05) is 43.3 Å². The van der Waals surface area contributed by atoms with Crippen LogP contribution in [-0.2, 0) is 10.2 Å². The Morgan fingerprint density at radius 1 is 1.00 bits per heavy atom. The third-order valence-corrected chi connectivity index (χ3v) is 6.99. The van der Waals surface area contributed by atoms with Gasteiger partial charge in [-0.1, -0.05) is 75.0 Å². The van der Waals surface area contributed by atoms with Crippen LogP contribution in [0.2, 0.25) is 0 Å². The Morgan fingerprint density at radius 3 is 2.33 bits per heavy atom.